The van der Waals surface area contributed by atoms with Gasteiger partial charge in [0.15, 0.2) is 5.82 Å². The Morgan fingerprint density at radius 2 is 2.05 bits per heavy atom. The number of hydrogen-bond acceptors (Lipinski definition) is 4. The van der Waals surface area contributed by atoms with Gasteiger partial charge in [0.05, 0.1) is 4.47 Å². The van der Waals surface area contributed by atoms with Gasteiger partial charge in [0.1, 0.15) is 0 Å². The van der Waals surface area contributed by atoms with Gasteiger partial charge in [-0.1, -0.05) is 18.2 Å². The van der Waals surface area contributed by atoms with E-state index in [1.54, 1.807) is 6.20 Å². The van der Waals surface area contributed by atoms with Crippen LogP contribution >= 0.6 is 15.9 Å². The van der Waals surface area contributed by atoms with Crippen LogP contribution in [0.3, 0.4) is 0 Å². The summed E-state index contributed by atoms with van der Waals surface area (Å²) in [5.74, 6) is 1.15. The Morgan fingerprint density at radius 1 is 1.21 bits per heavy atom. The summed E-state index contributed by atoms with van der Waals surface area (Å²) in [5.41, 5.74) is 8.31. The largest absolute Gasteiger partial charge is 0.368 e. The van der Waals surface area contributed by atoms with Gasteiger partial charge in [0.2, 0.25) is 5.95 Å². The molecule has 0 aliphatic carbocycles. The molecule has 19 heavy (non-hydrogen) atoms. The zero-order chi connectivity index (χ0) is 13.2. The third-order valence-electron chi connectivity index (χ3n) is 3.36. The lowest BCUT2D eigenvalue weighted by Gasteiger charge is -2.24. The van der Waals surface area contributed by atoms with Crippen LogP contribution < -0.4 is 10.6 Å². The van der Waals surface area contributed by atoms with Crippen molar-refractivity contribution in [3.8, 4) is 0 Å². The highest BCUT2D eigenvalue weighted by molar-refractivity contribution is 9.10. The maximum absolute atomic E-state index is 5.72. The molecule has 2 aromatic rings. The first-order chi connectivity index (χ1) is 9.25. The molecule has 2 heterocycles. The molecule has 4 nitrogen and oxygen atoms in total. The number of hydrogen-bond donors (Lipinski definition) is 1. The van der Waals surface area contributed by atoms with Gasteiger partial charge in [0, 0.05) is 18.4 Å². The predicted molar refractivity (Wildman–Crippen MR) is 80.5 cm³/mol. The molecular formula is C14H15BrN4. The van der Waals surface area contributed by atoms with Crippen molar-refractivity contribution in [2.45, 2.75) is 19.3 Å². The maximum atomic E-state index is 5.72. The molecule has 0 saturated heterocycles. The number of fused-ring (bicyclic) bond motifs is 1. The molecule has 1 aliphatic rings. The van der Waals surface area contributed by atoms with Crippen molar-refractivity contribution in [3.05, 3.63) is 40.5 Å². The predicted octanol–water partition coefficient (Wildman–Crippen LogP) is 3.30. The van der Waals surface area contributed by atoms with Gasteiger partial charge in [-0.15, -0.1) is 0 Å². The van der Waals surface area contributed by atoms with Crippen LogP contribution in [-0.4, -0.2) is 16.5 Å². The van der Waals surface area contributed by atoms with E-state index < -0.39 is 0 Å². The fourth-order valence-electron chi connectivity index (χ4n) is 2.47. The lowest BCUT2D eigenvalue weighted by atomic mass is 10.1. The number of nitrogens with two attached hydrogens (primary N) is 1. The van der Waals surface area contributed by atoms with Crippen molar-refractivity contribution in [2.24, 2.45) is 0 Å². The van der Waals surface area contributed by atoms with Gasteiger partial charge >= 0.3 is 0 Å². The highest BCUT2D eigenvalue weighted by atomic mass is 79.9. The van der Waals surface area contributed by atoms with Crippen molar-refractivity contribution in [1.82, 2.24) is 9.97 Å². The summed E-state index contributed by atoms with van der Waals surface area (Å²) in [6.45, 7) is 0.950. The lowest BCUT2D eigenvalue weighted by molar-refractivity contribution is 0.757. The summed E-state index contributed by atoms with van der Waals surface area (Å²) in [7, 11) is 0. The SMILES string of the molecule is Nc1ncc(Br)c(N2CCCCc3ccccc32)n1. The van der Waals surface area contributed by atoms with Gasteiger partial charge in [-0.3, -0.25) is 0 Å². The molecular weight excluding hydrogens is 304 g/mol. The van der Waals surface area contributed by atoms with Gasteiger partial charge in [-0.25, -0.2) is 4.98 Å². The summed E-state index contributed by atoms with van der Waals surface area (Å²) in [6, 6.07) is 8.48. The molecule has 0 atom stereocenters. The molecule has 1 aromatic carbocycles. The van der Waals surface area contributed by atoms with Crippen molar-refractivity contribution >= 4 is 33.4 Å². The number of nitrogens with zero attached hydrogens (tertiary/aromatic N) is 3. The van der Waals surface area contributed by atoms with Crippen molar-refractivity contribution in [2.75, 3.05) is 17.2 Å². The van der Waals surface area contributed by atoms with E-state index in [2.05, 4.69) is 55.1 Å². The van der Waals surface area contributed by atoms with Crippen LogP contribution in [0.1, 0.15) is 18.4 Å². The van der Waals surface area contributed by atoms with Crippen LogP contribution in [0.25, 0.3) is 0 Å². The minimum absolute atomic E-state index is 0.305. The van der Waals surface area contributed by atoms with E-state index in [0.717, 1.165) is 29.7 Å². The Hall–Kier alpha value is -1.62. The highest BCUT2D eigenvalue weighted by Crippen LogP contribution is 2.35. The van der Waals surface area contributed by atoms with E-state index in [0.29, 0.717) is 5.95 Å². The van der Waals surface area contributed by atoms with E-state index in [9.17, 15) is 0 Å². The zero-order valence-corrected chi connectivity index (χ0v) is 12.1. The number of para-hydroxylation sites is 1. The second kappa shape index (κ2) is 5.17. The number of aryl methyl sites for hydroxylation is 1. The third kappa shape index (κ3) is 2.42. The van der Waals surface area contributed by atoms with Gasteiger partial charge in [-0.05, 0) is 46.8 Å². The third-order valence-corrected chi connectivity index (χ3v) is 3.92. The molecule has 2 N–H and O–H groups in total. The monoisotopic (exact) mass is 318 g/mol. The smallest absolute Gasteiger partial charge is 0.222 e. The number of rotatable bonds is 1. The Labute approximate surface area is 120 Å². The van der Waals surface area contributed by atoms with Crippen LogP contribution in [0.4, 0.5) is 17.5 Å². The van der Waals surface area contributed by atoms with Crippen molar-refractivity contribution in [1.29, 1.82) is 0 Å². The quantitative estimate of drug-likeness (QED) is 0.876. The molecule has 3 rings (SSSR count). The summed E-state index contributed by atoms with van der Waals surface area (Å²) in [6.07, 6.45) is 5.17. The van der Waals surface area contributed by atoms with E-state index >= 15 is 0 Å². The average molecular weight is 319 g/mol. The summed E-state index contributed by atoms with van der Waals surface area (Å²) >= 11 is 3.52. The first kappa shape index (κ1) is 12.4. The average Bonchev–Trinajstić information content (AvgIpc) is 2.64. The molecule has 5 heteroatoms. The molecule has 1 aromatic heterocycles. The Morgan fingerprint density at radius 3 is 2.95 bits per heavy atom. The second-order valence-corrected chi connectivity index (χ2v) is 5.49. The lowest BCUT2D eigenvalue weighted by Crippen LogP contribution is -2.20. The van der Waals surface area contributed by atoms with E-state index in [-0.39, 0.29) is 0 Å². The van der Waals surface area contributed by atoms with E-state index in [4.69, 9.17) is 5.73 Å². The number of anilines is 3. The van der Waals surface area contributed by atoms with Crippen LogP contribution in [0.15, 0.2) is 34.9 Å². The van der Waals surface area contributed by atoms with Gasteiger partial charge < -0.3 is 10.6 Å². The minimum atomic E-state index is 0.305. The zero-order valence-electron chi connectivity index (χ0n) is 10.5. The Bertz CT molecular complexity index is 600. The highest BCUT2D eigenvalue weighted by Gasteiger charge is 2.19. The van der Waals surface area contributed by atoms with Gasteiger partial charge in [0.25, 0.3) is 0 Å². The number of halogens is 1. The standard InChI is InChI=1S/C14H15BrN4/c15-11-9-17-14(16)18-13(11)19-8-4-3-6-10-5-1-2-7-12(10)19/h1-2,5,7,9H,3-4,6,8H2,(H2,16,17,18). The number of aromatic nitrogens is 2. The molecule has 0 spiro atoms. The molecule has 0 fully saturated rings. The van der Waals surface area contributed by atoms with E-state index in [1.807, 2.05) is 0 Å². The molecule has 0 radical (unpaired) electrons. The molecule has 0 bridgehead atoms. The Kier molecular flexibility index (Phi) is 3.38. The van der Waals surface area contributed by atoms with Crippen LogP contribution in [-0.2, 0) is 6.42 Å². The van der Waals surface area contributed by atoms with Crippen LogP contribution in [0.2, 0.25) is 0 Å². The summed E-state index contributed by atoms with van der Waals surface area (Å²) < 4.78 is 0.874. The normalized spacial score (nSPS) is 14.9. The summed E-state index contributed by atoms with van der Waals surface area (Å²) in [4.78, 5) is 10.6. The molecule has 0 amide bonds. The number of benzene rings is 1. The summed E-state index contributed by atoms with van der Waals surface area (Å²) in [5, 5.41) is 0. The molecule has 98 valence electrons. The van der Waals surface area contributed by atoms with Crippen LogP contribution in [0, 0.1) is 0 Å². The minimum Gasteiger partial charge on any atom is -0.368 e. The fourth-order valence-corrected chi connectivity index (χ4v) is 2.88. The molecule has 0 saturated carbocycles. The van der Waals surface area contributed by atoms with Crippen molar-refractivity contribution < 1.29 is 0 Å². The first-order valence-corrected chi connectivity index (χ1v) is 7.18. The maximum Gasteiger partial charge on any atom is 0.222 e. The van der Waals surface area contributed by atoms with E-state index in [1.165, 1.54) is 17.7 Å². The first-order valence-electron chi connectivity index (χ1n) is 6.39. The van der Waals surface area contributed by atoms with Gasteiger partial charge in [-0.2, -0.15) is 4.98 Å². The number of nitrogen functional groups attached to an aromatic ring is 1. The second-order valence-electron chi connectivity index (χ2n) is 4.64. The molecule has 1 aliphatic heterocycles. The van der Waals surface area contributed by atoms with Crippen molar-refractivity contribution in [3.63, 3.8) is 0 Å². The topological polar surface area (TPSA) is 55.0 Å². The Balaban J connectivity index is 2.11. The molecule has 0 unspecified atom stereocenters. The van der Waals surface area contributed by atoms with Crippen LogP contribution in [0.5, 0.6) is 0 Å². The fraction of sp³-hybridized carbons (Fsp3) is 0.286.